The molecule has 0 bridgehead atoms. The zero-order valence-corrected chi connectivity index (χ0v) is 21.0. The topological polar surface area (TPSA) is 83.7 Å². The van der Waals surface area contributed by atoms with E-state index in [0.29, 0.717) is 29.6 Å². The Morgan fingerprint density at radius 3 is 2.73 bits per heavy atom. The number of benzene rings is 3. The van der Waals surface area contributed by atoms with Crippen molar-refractivity contribution >= 4 is 28.7 Å². The summed E-state index contributed by atoms with van der Waals surface area (Å²) in [5, 5.41) is 17.3. The molecule has 1 aliphatic rings. The minimum atomic E-state index is 0.125. The number of imidazole rings is 1. The van der Waals surface area contributed by atoms with E-state index in [-0.39, 0.29) is 5.88 Å². The molecule has 7 nitrogen and oxygen atoms in total. The van der Waals surface area contributed by atoms with E-state index < -0.39 is 0 Å². The predicted octanol–water partition coefficient (Wildman–Crippen LogP) is 5.35. The molecule has 3 aromatic carbocycles. The van der Waals surface area contributed by atoms with Crippen LogP contribution < -0.4 is 15.4 Å². The maximum atomic E-state index is 10.2. The van der Waals surface area contributed by atoms with Gasteiger partial charge >= 0.3 is 0 Å². The molecule has 0 atom stereocenters. The Balaban J connectivity index is 1.03. The Labute approximate surface area is 219 Å². The van der Waals surface area contributed by atoms with Gasteiger partial charge in [0, 0.05) is 23.0 Å². The van der Waals surface area contributed by atoms with E-state index in [1.165, 1.54) is 22.3 Å². The smallest absolute Gasteiger partial charge is 0.219 e. The average molecular weight is 508 g/mol. The van der Waals surface area contributed by atoms with Gasteiger partial charge in [-0.2, -0.15) is 0 Å². The molecule has 0 aliphatic heterocycles. The minimum Gasteiger partial charge on any atom is -0.493 e. The minimum absolute atomic E-state index is 0.125. The number of anilines is 1. The SMILES string of the molecule is Cc1nc2cnc(-c3ccc(OCCNC(=S)Nc4cccc5c4-c4ccccc4C5)cc3)cn2c1O. The molecular weight excluding hydrogens is 482 g/mol. The van der Waals surface area contributed by atoms with E-state index in [4.69, 9.17) is 17.0 Å². The molecule has 1 aliphatic carbocycles. The number of aromatic hydroxyl groups is 1. The molecule has 5 aromatic rings. The van der Waals surface area contributed by atoms with Crippen LogP contribution in [0.25, 0.3) is 28.0 Å². The summed E-state index contributed by atoms with van der Waals surface area (Å²) in [4.78, 5) is 8.73. The number of aromatic nitrogens is 3. The van der Waals surface area contributed by atoms with Gasteiger partial charge in [0.05, 0.1) is 18.4 Å². The van der Waals surface area contributed by atoms with E-state index in [1.54, 1.807) is 23.7 Å². The van der Waals surface area contributed by atoms with Crippen molar-refractivity contribution in [3.8, 4) is 34.0 Å². The van der Waals surface area contributed by atoms with E-state index >= 15 is 0 Å². The fourth-order valence-electron chi connectivity index (χ4n) is 4.72. The zero-order chi connectivity index (χ0) is 25.4. The molecule has 8 heteroatoms. The van der Waals surface area contributed by atoms with Gasteiger partial charge in [-0.05, 0) is 72.6 Å². The number of rotatable bonds is 6. The second-order valence-corrected chi connectivity index (χ2v) is 9.36. The summed E-state index contributed by atoms with van der Waals surface area (Å²) in [6.45, 7) is 2.79. The van der Waals surface area contributed by atoms with Crippen molar-refractivity contribution in [3.63, 3.8) is 0 Å². The van der Waals surface area contributed by atoms with Crippen LogP contribution in [0.4, 0.5) is 5.69 Å². The zero-order valence-electron chi connectivity index (χ0n) is 20.2. The number of nitrogens with zero attached hydrogens (tertiary/aromatic N) is 3. The molecule has 2 heterocycles. The second kappa shape index (κ2) is 9.55. The lowest BCUT2D eigenvalue weighted by Gasteiger charge is -2.15. The highest BCUT2D eigenvalue weighted by Gasteiger charge is 2.21. The number of aryl methyl sites for hydroxylation is 1. The van der Waals surface area contributed by atoms with Crippen LogP contribution in [-0.2, 0) is 6.42 Å². The first-order valence-electron chi connectivity index (χ1n) is 12.1. The van der Waals surface area contributed by atoms with Gasteiger partial charge in [0.25, 0.3) is 0 Å². The van der Waals surface area contributed by atoms with Crippen LogP contribution in [0.2, 0.25) is 0 Å². The molecule has 37 heavy (non-hydrogen) atoms. The first kappa shape index (κ1) is 23.0. The number of nitrogens with one attached hydrogen (secondary N) is 2. The molecule has 0 radical (unpaired) electrons. The fraction of sp³-hybridized carbons (Fsp3) is 0.138. The molecule has 0 fully saturated rings. The van der Waals surface area contributed by atoms with E-state index in [0.717, 1.165) is 29.1 Å². The average Bonchev–Trinajstić information content (AvgIpc) is 3.44. The summed E-state index contributed by atoms with van der Waals surface area (Å²) in [7, 11) is 0. The van der Waals surface area contributed by atoms with Crippen LogP contribution in [0.5, 0.6) is 11.6 Å². The van der Waals surface area contributed by atoms with Gasteiger partial charge in [-0.3, -0.25) is 9.38 Å². The van der Waals surface area contributed by atoms with Gasteiger partial charge in [0.2, 0.25) is 5.88 Å². The van der Waals surface area contributed by atoms with Crippen molar-refractivity contribution in [2.45, 2.75) is 13.3 Å². The van der Waals surface area contributed by atoms with E-state index in [1.807, 2.05) is 24.3 Å². The largest absolute Gasteiger partial charge is 0.493 e. The van der Waals surface area contributed by atoms with Crippen molar-refractivity contribution in [3.05, 3.63) is 95.9 Å². The first-order chi connectivity index (χ1) is 18.1. The molecule has 3 N–H and O–H groups in total. The van der Waals surface area contributed by atoms with Gasteiger partial charge in [-0.25, -0.2) is 4.98 Å². The van der Waals surface area contributed by atoms with Crippen molar-refractivity contribution in [2.24, 2.45) is 0 Å². The van der Waals surface area contributed by atoms with E-state index in [9.17, 15) is 5.11 Å². The van der Waals surface area contributed by atoms with Crippen LogP contribution in [0.15, 0.2) is 79.1 Å². The van der Waals surface area contributed by atoms with Gasteiger partial charge in [-0.1, -0.05) is 36.4 Å². The number of hydrogen-bond acceptors (Lipinski definition) is 5. The maximum Gasteiger partial charge on any atom is 0.219 e. The molecule has 2 aromatic heterocycles. The summed E-state index contributed by atoms with van der Waals surface area (Å²) < 4.78 is 7.52. The number of hydrogen-bond donors (Lipinski definition) is 3. The van der Waals surface area contributed by atoms with Gasteiger partial charge in [-0.15, -0.1) is 0 Å². The number of thiocarbonyl (C=S) groups is 1. The summed E-state index contributed by atoms with van der Waals surface area (Å²) >= 11 is 5.54. The summed E-state index contributed by atoms with van der Waals surface area (Å²) in [6, 6.07) is 22.5. The molecular formula is C29H25N5O2S. The lowest BCUT2D eigenvalue weighted by molar-refractivity contribution is 0.323. The lowest BCUT2D eigenvalue weighted by Crippen LogP contribution is -2.32. The number of ether oxygens (including phenoxy) is 1. The third-order valence-corrected chi connectivity index (χ3v) is 6.77. The Kier molecular flexibility index (Phi) is 5.94. The summed E-state index contributed by atoms with van der Waals surface area (Å²) in [5.74, 6) is 0.879. The van der Waals surface area contributed by atoms with Gasteiger partial charge in [0.15, 0.2) is 10.8 Å². The van der Waals surface area contributed by atoms with Crippen LogP contribution in [0, 0.1) is 6.92 Å². The predicted molar refractivity (Wildman–Crippen MR) is 149 cm³/mol. The van der Waals surface area contributed by atoms with Crippen LogP contribution in [0.3, 0.4) is 0 Å². The highest BCUT2D eigenvalue weighted by atomic mass is 32.1. The Bertz CT molecular complexity index is 1630. The monoisotopic (exact) mass is 507 g/mol. The highest BCUT2D eigenvalue weighted by molar-refractivity contribution is 7.80. The van der Waals surface area contributed by atoms with Crippen molar-refractivity contribution in [1.29, 1.82) is 0 Å². The molecule has 0 amide bonds. The molecule has 0 saturated heterocycles. The molecule has 6 rings (SSSR count). The highest BCUT2D eigenvalue weighted by Crippen LogP contribution is 2.41. The normalized spacial score (nSPS) is 11.7. The lowest BCUT2D eigenvalue weighted by atomic mass is 10.0. The number of fused-ring (bicyclic) bond motifs is 4. The Hall–Kier alpha value is -4.43. The van der Waals surface area contributed by atoms with Crippen LogP contribution >= 0.6 is 12.2 Å². The maximum absolute atomic E-state index is 10.2. The third kappa shape index (κ3) is 4.47. The quantitative estimate of drug-likeness (QED) is 0.207. The van der Waals surface area contributed by atoms with E-state index in [2.05, 4.69) is 63.1 Å². The van der Waals surface area contributed by atoms with Crippen molar-refractivity contribution in [1.82, 2.24) is 19.7 Å². The summed E-state index contributed by atoms with van der Waals surface area (Å²) in [5.41, 5.74) is 9.00. The molecule has 0 spiro atoms. The van der Waals surface area contributed by atoms with Crippen LogP contribution in [0.1, 0.15) is 16.8 Å². The summed E-state index contributed by atoms with van der Waals surface area (Å²) in [6.07, 6.45) is 4.38. The molecule has 184 valence electrons. The van der Waals surface area contributed by atoms with Crippen molar-refractivity contribution in [2.75, 3.05) is 18.5 Å². The molecule has 0 unspecified atom stereocenters. The fourth-order valence-corrected chi connectivity index (χ4v) is 4.94. The van der Waals surface area contributed by atoms with Crippen LogP contribution in [-0.4, -0.2) is 37.7 Å². The van der Waals surface area contributed by atoms with Gasteiger partial charge in [0.1, 0.15) is 18.1 Å². The molecule has 0 saturated carbocycles. The third-order valence-electron chi connectivity index (χ3n) is 6.52. The van der Waals surface area contributed by atoms with Crippen molar-refractivity contribution < 1.29 is 9.84 Å². The standard InChI is InChI=1S/C29H25N5O2S/c1-18-28(35)34-17-25(31-16-26(34)32-18)19-9-11-22(12-10-19)36-14-13-30-29(37)33-24-8-4-6-21-15-20-5-2-3-7-23(20)27(21)24/h2-12,16-17,35H,13-15H2,1H3,(H2,30,33,37). The Morgan fingerprint density at radius 2 is 1.86 bits per heavy atom. The Morgan fingerprint density at radius 1 is 1.05 bits per heavy atom. The van der Waals surface area contributed by atoms with Gasteiger partial charge < -0.3 is 20.5 Å². The first-order valence-corrected chi connectivity index (χ1v) is 12.5. The second-order valence-electron chi connectivity index (χ2n) is 8.95.